The van der Waals surface area contributed by atoms with Crippen LogP contribution < -0.4 is 4.74 Å². The van der Waals surface area contributed by atoms with Crippen LogP contribution in [-0.2, 0) is 11.2 Å². The zero-order chi connectivity index (χ0) is 15.3. The summed E-state index contributed by atoms with van der Waals surface area (Å²) in [5, 5.41) is 9.73. The van der Waals surface area contributed by atoms with E-state index in [4.69, 9.17) is 4.74 Å². The van der Waals surface area contributed by atoms with Crippen molar-refractivity contribution in [2.45, 2.75) is 51.4 Å². The summed E-state index contributed by atoms with van der Waals surface area (Å²) in [5.74, 6) is -1.05. The highest BCUT2D eigenvalue weighted by molar-refractivity contribution is 5.75. The van der Waals surface area contributed by atoms with Gasteiger partial charge in [0.1, 0.15) is 0 Å². The van der Waals surface area contributed by atoms with Crippen molar-refractivity contribution in [1.29, 1.82) is 0 Å². The average molecular weight is 294 g/mol. The fraction of sp³-hybridized carbons (Fsp3) is 0.588. The first-order valence-corrected chi connectivity index (χ1v) is 7.64. The number of benzene rings is 1. The Labute approximate surface area is 125 Å². The quantitative estimate of drug-likeness (QED) is 0.905. The summed E-state index contributed by atoms with van der Waals surface area (Å²) in [7, 11) is 1.42. The minimum atomic E-state index is -0.840. The molecule has 0 saturated heterocycles. The zero-order valence-corrected chi connectivity index (χ0v) is 12.5. The lowest BCUT2D eigenvalue weighted by Crippen LogP contribution is -2.34. The van der Waals surface area contributed by atoms with E-state index < -0.39 is 17.2 Å². The predicted molar refractivity (Wildman–Crippen MR) is 79.0 cm³/mol. The second kappa shape index (κ2) is 6.92. The molecule has 1 aliphatic carbocycles. The first-order valence-electron chi connectivity index (χ1n) is 7.64. The molecule has 0 unspecified atom stereocenters. The highest BCUT2D eigenvalue weighted by Gasteiger charge is 2.39. The van der Waals surface area contributed by atoms with E-state index in [1.807, 2.05) is 0 Å². The lowest BCUT2D eigenvalue weighted by atomic mass is 9.72. The van der Waals surface area contributed by atoms with Crippen molar-refractivity contribution in [3.05, 3.63) is 29.6 Å². The number of methoxy groups -OCH3 is 1. The topological polar surface area (TPSA) is 46.5 Å². The van der Waals surface area contributed by atoms with E-state index in [1.54, 1.807) is 18.2 Å². The molecule has 4 heteroatoms. The number of hydrogen-bond donors (Lipinski definition) is 1. The van der Waals surface area contributed by atoms with Crippen LogP contribution in [0.3, 0.4) is 0 Å². The Balaban J connectivity index is 2.28. The molecule has 0 spiro atoms. The maximum atomic E-state index is 14.3. The minimum absolute atomic E-state index is 0.180. The Morgan fingerprint density at radius 3 is 2.43 bits per heavy atom. The third-order valence-corrected chi connectivity index (χ3v) is 4.56. The van der Waals surface area contributed by atoms with Crippen LogP contribution in [-0.4, -0.2) is 18.2 Å². The van der Waals surface area contributed by atoms with Gasteiger partial charge in [-0.05, 0) is 30.9 Å². The van der Waals surface area contributed by atoms with E-state index in [0.29, 0.717) is 18.4 Å². The van der Waals surface area contributed by atoms with Crippen molar-refractivity contribution >= 4 is 5.97 Å². The van der Waals surface area contributed by atoms with Gasteiger partial charge >= 0.3 is 5.97 Å². The van der Waals surface area contributed by atoms with Crippen LogP contribution in [0.15, 0.2) is 18.2 Å². The van der Waals surface area contributed by atoms with Crippen LogP contribution in [0.25, 0.3) is 0 Å². The second-order valence-corrected chi connectivity index (χ2v) is 5.96. The normalized spacial score (nSPS) is 18.6. The van der Waals surface area contributed by atoms with Crippen molar-refractivity contribution in [1.82, 2.24) is 0 Å². The van der Waals surface area contributed by atoms with E-state index in [0.717, 1.165) is 25.7 Å². The molecule has 1 aromatic carbocycles. The fourth-order valence-electron chi connectivity index (χ4n) is 3.26. The molecule has 1 aliphatic rings. The summed E-state index contributed by atoms with van der Waals surface area (Å²) in [6, 6.07) is 4.95. The predicted octanol–water partition coefficient (Wildman–Crippen LogP) is 4.19. The largest absolute Gasteiger partial charge is 0.494 e. The lowest BCUT2D eigenvalue weighted by Gasteiger charge is -2.31. The highest BCUT2D eigenvalue weighted by Crippen LogP contribution is 2.39. The van der Waals surface area contributed by atoms with Gasteiger partial charge in [-0.15, -0.1) is 0 Å². The van der Waals surface area contributed by atoms with Crippen LogP contribution in [0.4, 0.5) is 4.39 Å². The number of carbonyl (C=O) groups is 1. The smallest absolute Gasteiger partial charge is 0.309 e. The van der Waals surface area contributed by atoms with Gasteiger partial charge in [0, 0.05) is 0 Å². The number of rotatable bonds is 4. The molecule has 0 aromatic heterocycles. The van der Waals surface area contributed by atoms with E-state index in [2.05, 4.69) is 0 Å². The van der Waals surface area contributed by atoms with Crippen LogP contribution in [0.2, 0.25) is 0 Å². The van der Waals surface area contributed by atoms with Gasteiger partial charge < -0.3 is 9.84 Å². The molecule has 3 nitrogen and oxygen atoms in total. The van der Waals surface area contributed by atoms with Gasteiger partial charge in [0.05, 0.1) is 12.5 Å². The number of hydrogen-bond acceptors (Lipinski definition) is 2. The molecule has 21 heavy (non-hydrogen) atoms. The third-order valence-electron chi connectivity index (χ3n) is 4.56. The fourth-order valence-corrected chi connectivity index (χ4v) is 3.26. The SMILES string of the molecule is COc1cccc(CC2(C(=O)O)CCCCCCC2)c1F. The van der Waals surface area contributed by atoms with Crippen LogP contribution >= 0.6 is 0 Å². The van der Waals surface area contributed by atoms with Crippen LogP contribution in [0.1, 0.15) is 50.5 Å². The second-order valence-electron chi connectivity index (χ2n) is 5.96. The first-order chi connectivity index (χ1) is 10.1. The number of aliphatic carboxylic acids is 1. The summed E-state index contributed by atoms with van der Waals surface area (Å²) in [5.41, 5.74) is -0.398. The number of halogens is 1. The van der Waals surface area contributed by atoms with E-state index in [-0.39, 0.29) is 12.2 Å². The molecule has 2 rings (SSSR count). The summed E-state index contributed by atoms with van der Waals surface area (Å²) in [6.45, 7) is 0. The third kappa shape index (κ3) is 3.55. The molecule has 1 fully saturated rings. The van der Waals surface area contributed by atoms with Gasteiger partial charge in [-0.3, -0.25) is 4.79 Å². The summed E-state index contributed by atoms with van der Waals surface area (Å²) in [4.78, 5) is 11.9. The van der Waals surface area contributed by atoms with Gasteiger partial charge in [0.2, 0.25) is 0 Å². The maximum absolute atomic E-state index is 14.3. The van der Waals surface area contributed by atoms with E-state index in [1.165, 1.54) is 13.5 Å². The Morgan fingerprint density at radius 1 is 1.24 bits per heavy atom. The Morgan fingerprint density at radius 2 is 1.86 bits per heavy atom. The Kier molecular flexibility index (Phi) is 5.21. The van der Waals surface area contributed by atoms with Crippen LogP contribution in [0.5, 0.6) is 5.75 Å². The minimum Gasteiger partial charge on any atom is -0.494 e. The van der Waals surface area contributed by atoms with Crippen molar-refractivity contribution in [2.75, 3.05) is 7.11 Å². The zero-order valence-electron chi connectivity index (χ0n) is 12.5. The van der Waals surface area contributed by atoms with E-state index in [9.17, 15) is 14.3 Å². The molecular weight excluding hydrogens is 271 g/mol. The van der Waals surface area contributed by atoms with E-state index >= 15 is 0 Å². The Hall–Kier alpha value is -1.58. The maximum Gasteiger partial charge on any atom is 0.309 e. The van der Waals surface area contributed by atoms with Gasteiger partial charge in [-0.2, -0.15) is 0 Å². The molecule has 1 N–H and O–H groups in total. The summed E-state index contributed by atoms with van der Waals surface area (Å²) >= 11 is 0. The monoisotopic (exact) mass is 294 g/mol. The van der Waals surface area contributed by atoms with Crippen LogP contribution in [0, 0.1) is 11.2 Å². The lowest BCUT2D eigenvalue weighted by molar-refractivity contribution is -0.150. The molecule has 1 aromatic rings. The van der Waals surface area contributed by atoms with Gasteiger partial charge in [-0.25, -0.2) is 4.39 Å². The first kappa shape index (κ1) is 15.8. The molecule has 0 atom stereocenters. The van der Waals surface area contributed by atoms with Gasteiger partial charge in [-0.1, -0.05) is 44.2 Å². The number of carboxylic acid groups (broad SMARTS) is 1. The highest BCUT2D eigenvalue weighted by atomic mass is 19.1. The molecule has 0 aliphatic heterocycles. The number of carboxylic acids is 1. The molecule has 116 valence electrons. The molecule has 0 radical (unpaired) electrons. The molecule has 0 amide bonds. The average Bonchev–Trinajstić information content (AvgIpc) is 2.43. The van der Waals surface area contributed by atoms with Crippen molar-refractivity contribution in [3.63, 3.8) is 0 Å². The van der Waals surface area contributed by atoms with Gasteiger partial charge in [0.25, 0.3) is 0 Å². The molecular formula is C17H23FO3. The summed E-state index contributed by atoms with van der Waals surface area (Å²) in [6.07, 6.45) is 6.59. The molecule has 1 saturated carbocycles. The van der Waals surface area contributed by atoms with Crippen molar-refractivity contribution < 1.29 is 19.0 Å². The van der Waals surface area contributed by atoms with Crippen molar-refractivity contribution in [3.8, 4) is 5.75 Å². The molecule has 0 bridgehead atoms. The molecule has 0 heterocycles. The standard InChI is InChI=1S/C17H23FO3/c1-21-14-9-7-8-13(15(14)18)12-17(16(19)20)10-5-3-2-4-6-11-17/h7-9H,2-6,10-12H2,1H3,(H,19,20). The number of ether oxygens (including phenoxy) is 1. The van der Waals surface area contributed by atoms with Crippen molar-refractivity contribution in [2.24, 2.45) is 5.41 Å². The summed E-state index contributed by atoms with van der Waals surface area (Å²) < 4.78 is 19.3. The Bertz CT molecular complexity index is 491. The van der Waals surface area contributed by atoms with Gasteiger partial charge in [0.15, 0.2) is 11.6 Å².